The van der Waals surface area contributed by atoms with Crippen LogP contribution in [0.5, 0.6) is 5.75 Å². The zero-order valence-corrected chi connectivity index (χ0v) is 16.8. The highest BCUT2D eigenvalue weighted by Gasteiger charge is 2.14. The van der Waals surface area contributed by atoms with Crippen molar-refractivity contribution in [2.24, 2.45) is 0 Å². The summed E-state index contributed by atoms with van der Waals surface area (Å²) in [6.45, 7) is 1.14. The molecular weight excluding hydrogens is 376 g/mol. The lowest BCUT2D eigenvalue weighted by molar-refractivity contribution is 0.0963. The zero-order chi connectivity index (χ0) is 20.1. The van der Waals surface area contributed by atoms with Crippen LogP contribution < -0.4 is 10.1 Å². The predicted octanol–water partition coefficient (Wildman–Crippen LogP) is 3.33. The Morgan fingerprint density at radius 3 is 2.64 bits per heavy atom. The molecule has 0 aliphatic rings. The fourth-order valence-electron chi connectivity index (χ4n) is 2.82. The van der Waals surface area contributed by atoms with E-state index in [0.29, 0.717) is 35.3 Å². The van der Waals surface area contributed by atoms with Crippen LogP contribution >= 0.6 is 12.2 Å². The third kappa shape index (κ3) is 4.47. The third-order valence-electron chi connectivity index (χ3n) is 4.21. The van der Waals surface area contributed by atoms with Gasteiger partial charge in [-0.3, -0.25) is 9.69 Å². The van der Waals surface area contributed by atoms with E-state index in [2.05, 4.69) is 15.3 Å². The molecule has 0 unspecified atom stereocenters. The van der Waals surface area contributed by atoms with Crippen molar-refractivity contribution in [3.8, 4) is 17.2 Å². The van der Waals surface area contributed by atoms with Crippen LogP contribution in [0, 0.1) is 4.84 Å². The van der Waals surface area contributed by atoms with Gasteiger partial charge in [-0.2, -0.15) is 0 Å². The number of nitrogens with zero attached hydrogens (tertiary/aromatic N) is 3. The number of carbonyl (C=O) groups is 1. The molecule has 7 nitrogen and oxygen atoms in total. The number of hydrogen-bond donors (Lipinski definition) is 1. The molecule has 3 aromatic rings. The van der Waals surface area contributed by atoms with Crippen LogP contribution in [0.25, 0.3) is 11.5 Å². The van der Waals surface area contributed by atoms with Crippen LogP contribution in [0.2, 0.25) is 0 Å². The summed E-state index contributed by atoms with van der Waals surface area (Å²) in [7, 11) is 5.18. The molecule has 28 heavy (non-hydrogen) atoms. The molecule has 1 heterocycles. The van der Waals surface area contributed by atoms with Crippen LogP contribution in [0.4, 0.5) is 0 Å². The van der Waals surface area contributed by atoms with Crippen molar-refractivity contribution in [2.45, 2.75) is 13.2 Å². The molecule has 0 saturated heterocycles. The van der Waals surface area contributed by atoms with Gasteiger partial charge in [0.2, 0.25) is 0 Å². The monoisotopic (exact) mass is 398 g/mol. The van der Waals surface area contributed by atoms with Crippen LogP contribution in [0.15, 0.2) is 52.9 Å². The molecular formula is C20H22N4O3S. The van der Waals surface area contributed by atoms with Gasteiger partial charge in [0.25, 0.3) is 16.6 Å². The van der Waals surface area contributed by atoms with E-state index in [1.807, 2.05) is 55.6 Å². The summed E-state index contributed by atoms with van der Waals surface area (Å²) < 4.78 is 12.7. The Morgan fingerprint density at radius 2 is 1.96 bits per heavy atom. The second-order valence-electron chi connectivity index (χ2n) is 6.30. The summed E-state index contributed by atoms with van der Waals surface area (Å²) in [5, 5.41) is 7.10. The maximum Gasteiger partial charge on any atom is 0.288 e. The molecule has 0 spiro atoms. The summed E-state index contributed by atoms with van der Waals surface area (Å²) in [4.78, 5) is 14.0. The average Bonchev–Trinajstić information content (AvgIpc) is 3.07. The maximum absolute atomic E-state index is 11.6. The first-order valence-electron chi connectivity index (χ1n) is 8.72. The summed E-state index contributed by atoms with van der Waals surface area (Å²) >= 11 is 5.32. The molecule has 8 heteroatoms. The first kappa shape index (κ1) is 19.8. The number of ether oxygens (including phenoxy) is 1. The SMILES string of the molecule is CNC(=O)c1ccc(CN(C)Cn2nc(-c3ccccc3OC)oc2=S)cc1. The molecule has 1 aromatic heterocycles. The van der Waals surface area contributed by atoms with Crippen molar-refractivity contribution in [3.05, 3.63) is 64.5 Å². The van der Waals surface area contributed by atoms with Crippen LogP contribution in [0.3, 0.4) is 0 Å². The first-order valence-corrected chi connectivity index (χ1v) is 9.13. The number of para-hydroxylation sites is 1. The first-order chi connectivity index (χ1) is 13.5. The molecule has 0 fully saturated rings. The number of benzene rings is 2. The standard InChI is InChI=1S/C20H22N4O3S/c1-21-18(25)15-10-8-14(9-11-15)12-23(2)13-24-20(28)27-19(22-24)16-6-4-5-7-17(16)26-3/h4-11H,12-13H2,1-3H3,(H,21,25). The number of methoxy groups -OCH3 is 1. The molecule has 0 aliphatic heterocycles. The van der Waals surface area contributed by atoms with E-state index in [1.54, 1.807) is 18.8 Å². The number of hydrogen-bond acceptors (Lipinski definition) is 6. The van der Waals surface area contributed by atoms with E-state index in [-0.39, 0.29) is 5.91 Å². The topological polar surface area (TPSA) is 72.5 Å². The van der Waals surface area contributed by atoms with Gasteiger partial charge in [-0.1, -0.05) is 24.3 Å². The highest BCUT2D eigenvalue weighted by Crippen LogP contribution is 2.28. The minimum atomic E-state index is -0.0994. The molecule has 2 aromatic carbocycles. The molecule has 1 amide bonds. The van der Waals surface area contributed by atoms with Crippen LogP contribution in [-0.4, -0.2) is 41.8 Å². The number of nitrogens with one attached hydrogen (secondary N) is 1. The summed E-state index contributed by atoms with van der Waals surface area (Å²) in [5.74, 6) is 0.999. The van der Waals surface area contributed by atoms with Gasteiger partial charge in [-0.05, 0) is 49.1 Å². The fraction of sp³-hybridized carbons (Fsp3) is 0.250. The van der Waals surface area contributed by atoms with Gasteiger partial charge in [0.15, 0.2) is 0 Å². The second-order valence-corrected chi connectivity index (χ2v) is 6.65. The smallest absolute Gasteiger partial charge is 0.288 e. The molecule has 0 radical (unpaired) electrons. The van der Waals surface area contributed by atoms with Crippen LogP contribution in [0.1, 0.15) is 15.9 Å². The lowest BCUT2D eigenvalue weighted by atomic mass is 10.1. The average molecular weight is 398 g/mol. The van der Waals surface area contributed by atoms with E-state index < -0.39 is 0 Å². The van der Waals surface area contributed by atoms with E-state index in [9.17, 15) is 4.79 Å². The number of rotatable bonds is 7. The summed E-state index contributed by atoms with van der Waals surface area (Å²) in [6.07, 6.45) is 0. The zero-order valence-electron chi connectivity index (χ0n) is 16.0. The van der Waals surface area contributed by atoms with Crippen molar-refractivity contribution < 1.29 is 13.9 Å². The van der Waals surface area contributed by atoms with Crippen molar-refractivity contribution >= 4 is 18.1 Å². The molecule has 0 bridgehead atoms. The lowest BCUT2D eigenvalue weighted by Crippen LogP contribution is -2.22. The van der Waals surface area contributed by atoms with E-state index in [4.69, 9.17) is 21.4 Å². The Labute approximate surface area is 168 Å². The van der Waals surface area contributed by atoms with Crippen molar-refractivity contribution in [2.75, 3.05) is 21.2 Å². The Hall–Kier alpha value is -2.97. The highest BCUT2D eigenvalue weighted by atomic mass is 32.1. The molecule has 146 valence electrons. The van der Waals surface area contributed by atoms with Crippen molar-refractivity contribution in [1.29, 1.82) is 0 Å². The van der Waals surface area contributed by atoms with E-state index in [0.717, 1.165) is 11.1 Å². The molecule has 0 aliphatic carbocycles. The highest BCUT2D eigenvalue weighted by molar-refractivity contribution is 7.71. The van der Waals surface area contributed by atoms with Gasteiger partial charge >= 0.3 is 0 Å². The fourth-order valence-corrected chi connectivity index (χ4v) is 3.00. The normalized spacial score (nSPS) is 10.9. The Morgan fingerprint density at radius 1 is 1.25 bits per heavy atom. The molecule has 1 N–H and O–H groups in total. The van der Waals surface area contributed by atoms with Gasteiger partial charge in [0, 0.05) is 19.2 Å². The Kier molecular flexibility index (Phi) is 6.23. The van der Waals surface area contributed by atoms with Gasteiger partial charge < -0.3 is 14.5 Å². The van der Waals surface area contributed by atoms with E-state index in [1.165, 1.54) is 0 Å². The Bertz CT molecular complexity index is 1010. The minimum absolute atomic E-state index is 0.0994. The summed E-state index contributed by atoms with van der Waals surface area (Å²) in [6, 6.07) is 15.0. The molecule has 3 rings (SSSR count). The summed E-state index contributed by atoms with van der Waals surface area (Å²) in [5.41, 5.74) is 2.46. The van der Waals surface area contributed by atoms with Crippen molar-refractivity contribution in [1.82, 2.24) is 20.0 Å². The van der Waals surface area contributed by atoms with E-state index >= 15 is 0 Å². The lowest BCUT2D eigenvalue weighted by Gasteiger charge is -2.16. The van der Waals surface area contributed by atoms with Gasteiger partial charge in [-0.15, -0.1) is 5.10 Å². The van der Waals surface area contributed by atoms with Gasteiger partial charge in [-0.25, -0.2) is 4.68 Å². The van der Waals surface area contributed by atoms with Crippen molar-refractivity contribution in [3.63, 3.8) is 0 Å². The quantitative estimate of drug-likeness (QED) is 0.616. The minimum Gasteiger partial charge on any atom is -0.496 e. The number of aromatic nitrogens is 2. The molecule has 0 atom stereocenters. The third-order valence-corrected chi connectivity index (χ3v) is 4.51. The predicted molar refractivity (Wildman–Crippen MR) is 109 cm³/mol. The molecule has 0 saturated carbocycles. The van der Waals surface area contributed by atoms with Gasteiger partial charge in [0.1, 0.15) is 5.75 Å². The van der Waals surface area contributed by atoms with Crippen LogP contribution in [-0.2, 0) is 13.2 Å². The largest absolute Gasteiger partial charge is 0.496 e. The van der Waals surface area contributed by atoms with Gasteiger partial charge in [0.05, 0.1) is 19.3 Å². The second kappa shape index (κ2) is 8.81. The number of amides is 1. The number of carbonyl (C=O) groups excluding carboxylic acids is 1. The Balaban J connectivity index is 1.71. The maximum atomic E-state index is 11.6.